The Labute approximate surface area is 98.1 Å². The number of nitrogens with two attached hydrogens (primary N) is 1. The Morgan fingerprint density at radius 1 is 1.53 bits per heavy atom. The van der Waals surface area contributed by atoms with Crippen molar-refractivity contribution >= 4 is 17.4 Å². The van der Waals surface area contributed by atoms with E-state index in [0.717, 1.165) is 6.07 Å². The molecule has 1 aromatic rings. The van der Waals surface area contributed by atoms with E-state index in [1.165, 1.54) is 12.1 Å². The Hall–Kier alpha value is -2.11. The van der Waals surface area contributed by atoms with Gasteiger partial charge in [-0.3, -0.25) is 4.79 Å². The summed E-state index contributed by atoms with van der Waals surface area (Å²) in [5.41, 5.74) is 5.62. The van der Waals surface area contributed by atoms with E-state index < -0.39 is 5.82 Å². The molecule has 0 fully saturated rings. The Balaban J connectivity index is 2.95. The Bertz CT molecular complexity index is 458. The fourth-order valence-corrected chi connectivity index (χ4v) is 1.11. The number of amidine groups is 1. The standard InChI is InChI=1S/C11H14FN3O2/c1-6(2)11(16)14-9-4-3-7(5-8(9)12)10(13)15-17/h3-6,17H,1-2H3,(H2,13,15)(H,14,16). The highest BCUT2D eigenvalue weighted by Crippen LogP contribution is 2.16. The molecule has 5 nitrogen and oxygen atoms in total. The normalized spacial score (nSPS) is 11.6. The van der Waals surface area contributed by atoms with Gasteiger partial charge in [-0.1, -0.05) is 19.0 Å². The number of anilines is 1. The number of rotatable bonds is 3. The number of nitrogens with one attached hydrogen (secondary N) is 1. The van der Waals surface area contributed by atoms with Crippen LogP contribution in [0.3, 0.4) is 0 Å². The molecule has 1 aromatic carbocycles. The highest BCUT2D eigenvalue weighted by atomic mass is 19.1. The van der Waals surface area contributed by atoms with Crippen molar-refractivity contribution in [1.82, 2.24) is 0 Å². The van der Waals surface area contributed by atoms with Gasteiger partial charge in [-0.2, -0.15) is 0 Å². The summed E-state index contributed by atoms with van der Waals surface area (Å²) >= 11 is 0. The van der Waals surface area contributed by atoms with Gasteiger partial charge in [-0.05, 0) is 18.2 Å². The summed E-state index contributed by atoms with van der Waals surface area (Å²) in [5, 5.41) is 13.6. The largest absolute Gasteiger partial charge is 0.409 e. The smallest absolute Gasteiger partial charge is 0.227 e. The van der Waals surface area contributed by atoms with Crippen molar-refractivity contribution < 1.29 is 14.4 Å². The van der Waals surface area contributed by atoms with Crippen LogP contribution in [0.5, 0.6) is 0 Å². The van der Waals surface area contributed by atoms with Crippen LogP contribution >= 0.6 is 0 Å². The summed E-state index contributed by atoms with van der Waals surface area (Å²) in [6.07, 6.45) is 0. The van der Waals surface area contributed by atoms with Crippen molar-refractivity contribution in [3.05, 3.63) is 29.6 Å². The molecule has 1 amide bonds. The summed E-state index contributed by atoms with van der Waals surface area (Å²) < 4.78 is 13.6. The van der Waals surface area contributed by atoms with Gasteiger partial charge < -0.3 is 16.3 Å². The predicted molar refractivity (Wildman–Crippen MR) is 62.4 cm³/mol. The highest BCUT2D eigenvalue weighted by molar-refractivity contribution is 5.98. The molecule has 0 bridgehead atoms. The number of hydrogen-bond acceptors (Lipinski definition) is 3. The minimum atomic E-state index is -0.636. The fraction of sp³-hybridized carbons (Fsp3) is 0.273. The van der Waals surface area contributed by atoms with Gasteiger partial charge in [0.15, 0.2) is 5.84 Å². The molecular formula is C11H14FN3O2. The van der Waals surface area contributed by atoms with Crippen molar-refractivity contribution in [2.24, 2.45) is 16.8 Å². The molecule has 0 aromatic heterocycles. The first-order valence-electron chi connectivity index (χ1n) is 5.04. The number of oxime groups is 1. The molecule has 0 spiro atoms. The molecule has 1 rings (SSSR count). The van der Waals surface area contributed by atoms with E-state index in [9.17, 15) is 9.18 Å². The van der Waals surface area contributed by atoms with E-state index in [1.54, 1.807) is 13.8 Å². The molecule has 0 heterocycles. The van der Waals surface area contributed by atoms with Crippen LogP contribution in [0, 0.1) is 11.7 Å². The van der Waals surface area contributed by atoms with Crippen LogP contribution in [0.1, 0.15) is 19.4 Å². The SMILES string of the molecule is CC(C)C(=O)Nc1ccc(/C(N)=N/O)cc1F. The number of halogens is 1. The number of carbonyl (C=O) groups is 1. The van der Waals surface area contributed by atoms with Crippen LogP contribution in [0.2, 0.25) is 0 Å². The molecule has 6 heteroatoms. The van der Waals surface area contributed by atoms with Crippen LogP contribution < -0.4 is 11.1 Å². The first-order chi connectivity index (χ1) is 7.95. The number of benzene rings is 1. The van der Waals surface area contributed by atoms with Crippen molar-refractivity contribution in [1.29, 1.82) is 0 Å². The third-order valence-corrected chi connectivity index (χ3v) is 2.15. The summed E-state index contributed by atoms with van der Waals surface area (Å²) in [6.45, 7) is 3.41. The van der Waals surface area contributed by atoms with Gasteiger partial charge in [0, 0.05) is 11.5 Å². The molecule has 0 saturated heterocycles. The zero-order valence-corrected chi connectivity index (χ0v) is 9.57. The number of amides is 1. The molecule has 0 aliphatic carbocycles. The predicted octanol–water partition coefficient (Wildman–Crippen LogP) is 1.51. The van der Waals surface area contributed by atoms with Crippen LogP contribution in [-0.4, -0.2) is 17.0 Å². The summed E-state index contributed by atoms with van der Waals surface area (Å²) in [4.78, 5) is 11.4. The van der Waals surface area contributed by atoms with Crippen LogP contribution in [-0.2, 0) is 4.79 Å². The summed E-state index contributed by atoms with van der Waals surface area (Å²) in [5.74, 6) is -1.34. The molecule has 0 atom stereocenters. The molecule has 0 saturated carbocycles. The van der Waals surface area contributed by atoms with E-state index in [2.05, 4.69) is 10.5 Å². The lowest BCUT2D eigenvalue weighted by atomic mass is 10.1. The lowest BCUT2D eigenvalue weighted by molar-refractivity contribution is -0.118. The van der Waals surface area contributed by atoms with Gasteiger partial charge in [-0.15, -0.1) is 0 Å². The van der Waals surface area contributed by atoms with Gasteiger partial charge in [0.1, 0.15) is 5.82 Å². The molecule has 92 valence electrons. The second-order valence-corrected chi connectivity index (χ2v) is 3.82. The minimum absolute atomic E-state index is 0.0678. The first-order valence-corrected chi connectivity index (χ1v) is 5.04. The molecule has 17 heavy (non-hydrogen) atoms. The first kappa shape index (κ1) is 13.0. The highest BCUT2D eigenvalue weighted by Gasteiger charge is 2.11. The van der Waals surface area contributed by atoms with E-state index in [0.29, 0.717) is 0 Å². The molecule has 0 aliphatic heterocycles. The monoisotopic (exact) mass is 239 g/mol. The topological polar surface area (TPSA) is 87.7 Å². The zero-order chi connectivity index (χ0) is 13.0. The Morgan fingerprint density at radius 2 is 2.18 bits per heavy atom. The van der Waals surface area contributed by atoms with Gasteiger partial charge in [-0.25, -0.2) is 4.39 Å². The average Bonchev–Trinajstić information content (AvgIpc) is 2.30. The quantitative estimate of drug-likeness (QED) is 0.323. The van der Waals surface area contributed by atoms with E-state index in [-0.39, 0.29) is 28.9 Å². The van der Waals surface area contributed by atoms with Gasteiger partial charge in [0.2, 0.25) is 5.91 Å². The number of nitrogens with zero attached hydrogens (tertiary/aromatic N) is 1. The maximum Gasteiger partial charge on any atom is 0.227 e. The second kappa shape index (κ2) is 5.29. The lowest BCUT2D eigenvalue weighted by Gasteiger charge is -2.09. The van der Waals surface area contributed by atoms with Crippen LogP contribution in [0.4, 0.5) is 10.1 Å². The molecular weight excluding hydrogens is 225 g/mol. The molecule has 0 radical (unpaired) electrons. The Morgan fingerprint density at radius 3 is 2.65 bits per heavy atom. The van der Waals surface area contributed by atoms with Crippen LogP contribution in [0.25, 0.3) is 0 Å². The van der Waals surface area contributed by atoms with E-state index in [4.69, 9.17) is 10.9 Å². The maximum atomic E-state index is 13.6. The van der Waals surface area contributed by atoms with Crippen molar-refractivity contribution in [2.45, 2.75) is 13.8 Å². The van der Waals surface area contributed by atoms with Crippen molar-refractivity contribution in [3.63, 3.8) is 0 Å². The summed E-state index contributed by atoms with van der Waals surface area (Å²) in [6, 6.07) is 3.90. The average molecular weight is 239 g/mol. The van der Waals surface area contributed by atoms with Gasteiger partial charge in [0.05, 0.1) is 5.69 Å². The second-order valence-electron chi connectivity index (χ2n) is 3.82. The molecule has 4 N–H and O–H groups in total. The minimum Gasteiger partial charge on any atom is -0.409 e. The van der Waals surface area contributed by atoms with Crippen molar-refractivity contribution in [2.75, 3.05) is 5.32 Å². The fourth-order valence-electron chi connectivity index (χ4n) is 1.11. The number of hydrogen-bond donors (Lipinski definition) is 3. The number of carbonyl (C=O) groups excluding carboxylic acids is 1. The molecule has 0 aliphatic rings. The van der Waals surface area contributed by atoms with Crippen molar-refractivity contribution in [3.8, 4) is 0 Å². The van der Waals surface area contributed by atoms with Gasteiger partial charge >= 0.3 is 0 Å². The zero-order valence-electron chi connectivity index (χ0n) is 9.57. The maximum absolute atomic E-state index is 13.6. The lowest BCUT2D eigenvalue weighted by Crippen LogP contribution is -2.19. The van der Waals surface area contributed by atoms with E-state index >= 15 is 0 Å². The third-order valence-electron chi connectivity index (χ3n) is 2.15. The third kappa shape index (κ3) is 3.17. The van der Waals surface area contributed by atoms with Crippen LogP contribution in [0.15, 0.2) is 23.4 Å². The van der Waals surface area contributed by atoms with Gasteiger partial charge in [0.25, 0.3) is 0 Å². The van der Waals surface area contributed by atoms with E-state index in [1.807, 2.05) is 0 Å². The molecule has 0 unspecified atom stereocenters. The Kier molecular flexibility index (Phi) is 4.03. The summed E-state index contributed by atoms with van der Waals surface area (Å²) in [7, 11) is 0.